The summed E-state index contributed by atoms with van der Waals surface area (Å²) in [5.41, 5.74) is 1.39. The van der Waals surface area contributed by atoms with Gasteiger partial charge in [-0.3, -0.25) is 9.36 Å². The molecule has 0 spiro atoms. The molecule has 31 heavy (non-hydrogen) atoms. The van der Waals surface area contributed by atoms with Crippen LogP contribution in [-0.2, 0) is 17.8 Å². The quantitative estimate of drug-likeness (QED) is 0.491. The highest BCUT2D eigenvalue weighted by Crippen LogP contribution is 2.40. The van der Waals surface area contributed by atoms with E-state index in [2.05, 4.69) is 45.1 Å². The van der Waals surface area contributed by atoms with Gasteiger partial charge in [0.25, 0.3) is 0 Å². The molecule has 1 amide bonds. The van der Waals surface area contributed by atoms with Crippen molar-refractivity contribution in [3.8, 4) is 0 Å². The van der Waals surface area contributed by atoms with Crippen molar-refractivity contribution in [3.05, 3.63) is 65.9 Å². The number of hydrogen-bond donors (Lipinski definition) is 0. The van der Waals surface area contributed by atoms with E-state index in [9.17, 15) is 4.79 Å². The van der Waals surface area contributed by atoms with E-state index in [1.165, 1.54) is 17.3 Å². The van der Waals surface area contributed by atoms with E-state index in [1.54, 1.807) is 6.26 Å². The first kappa shape index (κ1) is 20.4. The molecule has 7 heteroatoms. The first-order valence-corrected chi connectivity index (χ1v) is 12.1. The average molecular weight is 437 g/mol. The Kier molecular flexibility index (Phi) is 6.11. The second-order valence-electron chi connectivity index (χ2n) is 8.58. The molecule has 0 unspecified atom stereocenters. The molecule has 2 fully saturated rings. The third-order valence-corrected chi connectivity index (χ3v) is 7.19. The van der Waals surface area contributed by atoms with Crippen LogP contribution in [-0.4, -0.2) is 44.4 Å². The Morgan fingerprint density at radius 3 is 2.55 bits per heavy atom. The number of likely N-dealkylation sites (tertiary alicyclic amines) is 1. The lowest BCUT2D eigenvalue weighted by molar-refractivity contribution is -0.129. The maximum atomic E-state index is 12.8. The molecule has 5 rings (SSSR count). The zero-order chi connectivity index (χ0) is 21.0. The van der Waals surface area contributed by atoms with Crippen molar-refractivity contribution < 1.29 is 9.21 Å². The molecule has 6 nitrogen and oxygen atoms in total. The van der Waals surface area contributed by atoms with Crippen LogP contribution in [0, 0.1) is 5.92 Å². The second kappa shape index (κ2) is 9.30. The molecule has 1 saturated carbocycles. The molecule has 1 saturated heterocycles. The fourth-order valence-electron chi connectivity index (χ4n) is 4.31. The Hall–Kier alpha value is -2.54. The normalized spacial score (nSPS) is 17.2. The highest BCUT2D eigenvalue weighted by Gasteiger charge is 2.31. The highest BCUT2D eigenvalue weighted by atomic mass is 32.2. The number of furan rings is 1. The fourth-order valence-corrected chi connectivity index (χ4v) is 5.16. The van der Waals surface area contributed by atoms with Gasteiger partial charge in [0.1, 0.15) is 11.6 Å². The van der Waals surface area contributed by atoms with Gasteiger partial charge < -0.3 is 9.32 Å². The van der Waals surface area contributed by atoms with Crippen molar-refractivity contribution in [1.29, 1.82) is 0 Å². The predicted molar refractivity (Wildman–Crippen MR) is 120 cm³/mol. The first-order chi connectivity index (χ1) is 15.3. The number of benzene rings is 1. The van der Waals surface area contributed by atoms with Crippen LogP contribution in [0.5, 0.6) is 0 Å². The van der Waals surface area contributed by atoms with E-state index in [4.69, 9.17) is 4.42 Å². The molecule has 1 aliphatic heterocycles. The van der Waals surface area contributed by atoms with Crippen molar-refractivity contribution in [2.24, 2.45) is 5.92 Å². The Labute approximate surface area is 187 Å². The minimum Gasteiger partial charge on any atom is -0.467 e. The Bertz CT molecular complexity index is 990. The Morgan fingerprint density at radius 1 is 1.03 bits per heavy atom. The molecule has 0 bridgehead atoms. The van der Waals surface area contributed by atoms with Crippen molar-refractivity contribution in [2.45, 2.75) is 49.7 Å². The van der Waals surface area contributed by atoms with Gasteiger partial charge in [-0.05, 0) is 55.7 Å². The van der Waals surface area contributed by atoms with Gasteiger partial charge in [0, 0.05) is 19.0 Å². The summed E-state index contributed by atoms with van der Waals surface area (Å²) in [6.07, 6.45) is 7.28. The van der Waals surface area contributed by atoms with Gasteiger partial charge in [-0.15, -0.1) is 10.2 Å². The molecule has 1 aromatic carbocycles. The molecule has 1 aliphatic carbocycles. The standard InChI is InChI=1S/C24H28N4O2S/c29-22(27-12-10-19(11-13-27)15-18-5-2-1-3-6-18)17-31-24-26-25-23(20-8-9-20)28(24)16-21-7-4-14-30-21/h1-7,14,19-20H,8-13,15-17H2. The molecule has 162 valence electrons. The van der Waals surface area contributed by atoms with Crippen LogP contribution in [0.1, 0.15) is 48.7 Å². The second-order valence-corrected chi connectivity index (χ2v) is 9.53. The molecule has 2 aliphatic rings. The number of rotatable bonds is 8. The van der Waals surface area contributed by atoms with Crippen molar-refractivity contribution in [2.75, 3.05) is 18.8 Å². The lowest BCUT2D eigenvalue weighted by Crippen LogP contribution is -2.39. The predicted octanol–water partition coefficient (Wildman–Crippen LogP) is 4.37. The number of aromatic nitrogens is 3. The molecule has 0 N–H and O–H groups in total. The molecular formula is C24H28N4O2S. The van der Waals surface area contributed by atoms with Crippen molar-refractivity contribution in [1.82, 2.24) is 19.7 Å². The minimum atomic E-state index is 0.198. The third kappa shape index (κ3) is 5.03. The molecule has 3 heterocycles. The van der Waals surface area contributed by atoms with Crippen LogP contribution in [0.2, 0.25) is 0 Å². The zero-order valence-corrected chi connectivity index (χ0v) is 18.5. The van der Waals surface area contributed by atoms with E-state index in [0.29, 0.717) is 24.1 Å². The summed E-state index contributed by atoms with van der Waals surface area (Å²) < 4.78 is 7.66. The smallest absolute Gasteiger partial charge is 0.233 e. The van der Waals surface area contributed by atoms with E-state index in [0.717, 1.165) is 61.9 Å². The summed E-state index contributed by atoms with van der Waals surface area (Å²) >= 11 is 1.50. The van der Waals surface area contributed by atoms with E-state index < -0.39 is 0 Å². The summed E-state index contributed by atoms with van der Waals surface area (Å²) in [5, 5.41) is 9.63. The van der Waals surface area contributed by atoms with Gasteiger partial charge in [-0.25, -0.2) is 0 Å². The molecular weight excluding hydrogens is 408 g/mol. The third-order valence-electron chi connectivity index (χ3n) is 6.24. The first-order valence-electron chi connectivity index (χ1n) is 11.2. The SMILES string of the molecule is O=C(CSc1nnc(C2CC2)n1Cc1ccco1)N1CCC(Cc2ccccc2)CC1. The minimum absolute atomic E-state index is 0.198. The molecule has 0 radical (unpaired) electrons. The lowest BCUT2D eigenvalue weighted by atomic mass is 9.90. The van der Waals surface area contributed by atoms with Gasteiger partial charge in [0.05, 0.1) is 18.6 Å². The van der Waals surface area contributed by atoms with Crippen LogP contribution in [0.15, 0.2) is 58.3 Å². The zero-order valence-electron chi connectivity index (χ0n) is 17.7. The number of carbonyl (C=O) groups excluding carboxylic acids is 1. The number of nitrogens with zero attached hydrogens (tertiary/aromatic N) is 4. The van der Waals surface area contributed by atoms with Crippen LogP contribution in [0.4, 0.5) is 0 Å². The summed E-state index contributed by atoms with van der Waals surface area (Å²) in [6, 6.07) is 14.5. The monoisotopic (exact) mass is 436 g/mol. The van der Waals surface area contributed by atoms with Crippen LogP contribution < -0.4 is 0 Å². The summed E-state index contributed by atoms with van der Waals surface area (Å²) in [5.74, 6) is 3.67. The van der Waals surface area contributed by atoms with Gasteiger partial charge in [0.15, 0.2) is 5.16 Å². The Morgan fingerprint density at radius 2 is 1.84 bits per heavy atom. The lowest BCUT2D eigenvalue weighted by Gasteiger charge is -2.32. The van der Waals surface area contributed by atoms with E-state index >= 15 is 0 Å². The van der Waals surface area contributed by atoms with Crippen molar-refractivity contribution in [3.63, 3.8) is 0 Å². The molecule has 2 aromatic heterocycles. The number of piperidine rings is 1. The summed E-state index contributed by atoms with van der Waals surface area (Å²) in [6.45, 7) is 2.32. The largest absolute Gasteiger partial charge is 0.467 e. The summed E-state index contributed by atoms with van der Waals surface area (Å²) in [7, 11) is 0. The Balaban J connectivity index is 1.15. The van der Waals surface area contributed by atoms with E-state index in [1.807, 2.05) is 17.0 Å². The van der Waals surface area contributed by atoms with Gasteiger partial charge >= 0.3 is 0 Å². The van der Waals surface area contributed by atoms with E-state index in [-0.39, 0.29) is 5.91 Å². The van der Waals surface area contributed by atoms with Crippen molar-refractivity contribution >= 4 is 17.7 Å². The molecule has 0 atom stereocenters. The van der Waals surface area contributed by atoms with Crippen LogP contribution >= 0.6 is 11.8 Å². The van der Waals surface area contributed by atoms with Crippen LogP contribution in [0.3, 0.4) is 0 Å². The number of amides is 1. The fraction of sp³-hybridized carbons (Fsp3) is 0.458. The highest BCUT2D eigenvalue weighted by molar-refractivity contribution is 7.99. The maximum Gasteiger partial charge on any atom is 0.233 e. The number of hydrogen-bond acceptors (Lipinski definition) is 5. The number of thioether (sulfide) groups is 1. The van der Waals surface area contributed by atoms with Gasteiger partial charge in [-0.2, -0.15) is 0 Å². The number of carbonyl (C=O) groups is 1. The average Bonchev–Trinajstić information content (AvgIpc) is 3.36. The van der Waals surface area contributed by atoms with Gasteiger partial charge in [-0.1, -0.05) is 42.1 Å². The van der Waals surface area contributed by atoms with Gasteiger partial charge in [0.2, 0.25) is 5.91 Å². The summed E-state index contributed by atoms with van der Waals surface area (Å²) in [4.78, 5) is 14.9. The van der Waals surface area contributed by atoms with Crippen LogP contribution in [0.25, 0.3) is 0 Å². The molecule has 3 aromatic rings. The topological polar surface area (TPSA) is 64.2 Å². The maximum absolute atomic E-state index is 12.8.